The van der Waals surface area contributed by atoms with E-state index < -0.39 is 11.8 Å². The van der Waals surface area contributed by atoms with Crippen molar-refractivity contribution >= 4 is 11.7 Å². The fourth-order valence-corrected chi connectivity index (χ4v) is 3.03. The zero-order chi connectivity index (χ0) is 20.1. The molecule has 140 valence electrons. The van der Waals surface area contributed by atoms with Crippen molar-refractivity contribution in [2.75, 3.05) is 5.73 Å². The van der Waals surface area contributed by atoms with Crippen LogP contribution >= 0.6 is 0 Å². The van der Waals surface area contributed by atoms with Gasteiger partial charge in [0.25, 0.3) is 0 Å². The van der Waals surface area contributed by atoms with E-state index in [0.29, 0.717) is 33.5 Å². The predicted octanol–water partition coefficient (Wildman–Crippen LogP) is 3.10. The Morgan fingerprint density at radius 2 is 1.93 bits per heavy atom. The van der Waals surface area contributed by atoms with Gasteiger partial charge in [0.2, 0.25) is 0 Å². The van der Waals surface area contributed by atoms with Crippen molar-refractivity contribution in [2.24, 2.45) is 5.73 Å². The number of benzene rings is 2. The number of primary amides is 1. The minimum absolute atomic E-state index is 0.0221. The number of nitrogen functional groups attached to an aromatic ring is 1. The van der Waals surface area contributed by atoms with Crippen LogP contribution in [0.25, 0.3) is 11.1 Å². The van der Waals surface area contributed by atoms with Crippen molar-refractivity contribution in [3.63, 3.8) is 0 Å². The summed E-state index contributed by atoms with van der Waals surface area (Å²) in [5.41, 5.74) is 14.3. The highest BCUT2D eigenvalue weighted by Gasteiger charge is 2.18. The van der Waals surface area contributed by atoms with Crippen molar-refractivity contribution in [3.05, 3.63) is 82.9 Å². The van der Waals surface area contributed by atoms with Gasteiger partial charge in [0, 0.05) is 23.7 Å². The molecule has 0 aliphatic carbocycles. The number of carbonyl (C=O) groups is 1. The van der Waals surface area contributed by atoms with Gasteiger partial charge < -0.3 is 16.8 Å². The number of nitrogens with two attached hydrogens (primary N) is 2. The zero-order valence-electron chi connectivity index (χ0n) is 14.9. The number of anilines is 1. The van der Waals surface area contributed by atoms with Crippen molar-refractivity contribution < 1.29 is 9.18 Å². The van der Waals surface area contributed by atoms with Crippen LogP contribution in [-0.2, 0) is 13.0 Å². The Morgan fingerprint density at radius 1 is 1.14 bits per heavy atom. The summed E-state index contributed by atoms with van der Waals surface area (Å²) in [6.07, 6.45) is 1.77. The fourth-order valence-electron chi connectivity index (χ4n) is 3.03. The van der Waals surface area contributed by atoms with Crippen LogP contribution in [0.1, 0.15) is 22.4 Å². The van der Waals surface area contributed by atoms with Crippen molar-refractivity contribution in [1.29, 1.82) is 5.26 Å². The van der Waals surface area contributed by atoms with Crippen LogP contribution in [0.5, 0.6) is 0 Å². The molecule has 0 saturated carbocycles. The molecular formula is C21H18FN5O. The van der Waals surface area contributed by atoms with Gasteiger partial charge in [0.1, 0.15) is 5.82 Å². The lowest BCUT2D eigenvalue weighted by Crippen LogP contribution is -2.29. The summed E-state index contributed by atoms with van der Waals surface area (Å²) in [7, 11) is 0. The second kappa shape index (κ2) is 8.18. The number of pyridine rings is 1. The van der Waals surface area contributed by atoms with E-state index >= 15 is 0 Å². The summed E-state index contributed by atoms with van der Waals surface area (Å²) in [6.45, 7) is 0.103. The highest BCUT2D eigenvalue weighted by molar-refractivity contribution is 5.75. The highest BCUT2D eigenvalue weighted by Crippen LogP contribution is 2.32. The molecule has 0 aliphatic heterocycles. The molecule has 0 spiro atoms. The van der Waals surface area contributed by atoms with Gasteiger partial charge in [-0.25, -0.2) is 9.18 Å². The number of rotatable bonds is 5. The Balaban J connectivity index is 2.13. The van der Waals surface area contributed by atoms with E-state index in [-0.39, 0.29) is 18.7 Å². The number of hydrogen-bond donors (Lipinski definition) is 3. The Bertz CT molecular complexity index is 1070. The Kier molecular flexibility index (Phi) is 5.51. The van der Waals surface area contributed by atoms with Crippen LogP contribution in [0.4, 0.5) is 14.9 Å². The first-order chi connectivity index (χ1) is 13.5. The lowest BCUT2D eigenvalue weighted by molar-refractivity contribution is 0.248. The topological polar surface area (TPSA) is 118 Å². The first kappa shape index (κ1) is 18.9. The van der Waals surface area contributed by atoms with Gasteiger partial charge in [0.05, 0.1) is 29.6 Å². The average molecular weight is 375 g/mol. The third-order valence-electron chi connectivity index (χ3n) is 4.39. The van der Waals surface area contributed by atoms with E-state index in [1.54, 1.807) is 48.7 Å². The number of nitriles is 1. The van der Waals surface area contributed by atoms with Gasteiger partial charge in [-0.05, 0) is 29.3 Å². The predicted molar refractivity (Wildman–Crippen MR) is 104 cm³/mol. The number of hydrogen-bond acceptors (Lipinski definition) is 4. The zero-order valence-corrected chi connectivity index (χ0v) is 14.9. The molecule has 2 aromatic carbocycles. The molecule has 6 nitrogen and oxygen atoms in total. The van der Waals surface area contributed by atoms with Crippen molar-refractivity contribution in [2.45, 2.75) is 13.0 Å². The van der Waals surface area contributed by atoms with Crippen LogP contribution in [0.3, 0.4) is 0 Å². The molecule has 0 saturated heterocycles. The molecule has 7 heteroatoms. The van der Waals surface area contributed by atoms with E-state index in [4.69, 9.17) is 11.5 Å². The summed E-state index contributed by atoms with van der Waals surface area (Å²) in [5, 5.41) is 11.8. The molecule has 3 rings (SSSR count). The standard InChI is InChI=1S/C21H18FN5O/c22-20-17(10-13-4-1-2-5-14(13)11-23)15(7-8-18(20)24)16-6-3-9-26-19(16)12-27-21(25)28/h1-9H,10,12,24H2,(H3,25,27,28). The number of aromatic nitrogens is 1. The quantitative estimate of drug-likeness (QED) is 0.594. The van der Waals surface area contributed by atoms with E-state index in [2.05, 4.69) is 16.4 Å². The second-order valence-corrected chi connectivity index (χ2v) is 6.16. The largest absolute Gasteiger partial charge is 0.396 e. The van der Waals surface area contributed by atoms with Crippen molar-refractivity contribution in [3.8, 4) is 17.2 Å². The van der Waals surface area contributed by atoms with E-state index in [1.165, 1.54) is 6.07 Å². The molecule has 0 radical (unpaired) electrons. The third-order valence-corrected chi connectivity index (χ3v) is 4.39. The van der Waals surface area contributed by atoms with Gasteiger partial charge >= 0.3 is 6.03 Å². The van der Waals surface area contributed by atoms with Gasteiger partial charge in [-0.15, -0.1) is 0 Å². The Labute approximate surface area is 161 Å². The molecule has 0 bridgehead atoms. The molecule has 2 amide bonds. The van der Waals surface area contributed by atoms with Gasteiger partial charge in [0.15, 0.2) is 0 Å². The molecule has 0 fully saturated rings. The summed E-state index contributed by atoms with van der Waals surface area (Å²) in [6, 6.07) is 15.2. The van der Waals surface area contributed by atoms with Crippen LogP contribution < -0.4 is 16.8 Å². The number of carbonyl (C=O) groups excluding carboxylic acids is 1. The van der Waals surface area contributed by atoms with Crippen LogP contribution in [-0.4, -0.2) is 11.0 Å². The van der Waals surface area contributed by atoms with Crippen LogP contribution in [0.2, 0.25) is 0 Å². The average Bonchev–Trinajstić information content (AvgIpc) is 2.71. The normalized spacial score (nSPS) is 10.3. The molecule has 28 heavy (non-hydrogen) atoms. The first-order valence-corrected chi connectivity index (χ1v) is 8.53. The maximum atomic E-state index is 15.0. The Morgan fingerprint density at radius 3 is 2.68 bits per heavy atom. The maximum absolute atomic E-state index is 15.0. The number of urea groups is 1. The summed E-state index contributed by atoms with van der Waals surface area (Å²) >= 11 is 0. The van der Waals surface area contributed by atoms with Gasteiger partial charge in [-0.2, -0.15) is 5.26 Å². The number of halogens is 1. The van der Waals surface area contributed by atoms with Gasteiger partial charge in [-0.1, -0.05) is 30.3 Å². The lowest BCUT2D eigenvalue weighted by Gasteiger charge is -2.16. The Hall–Kier alpha value is -3.92. The van der Waals surface area contributed by atoms with E-state index in [0.717, 1.165) is 0 Å². The van der Waals surface area contributed by atoms with Crippen LogP contribution in [0, 0.1) is 17.1 Å². The molecule has 1 aromatic heterocycles. The number of amides is 2. The summed E-state index contributed by atoms with van der Waals surface area (Å²) < 4.78 is 15.0. The molecular weight excluding hydrogens is 357 g/mol. The molecule has 0 unspecified atom stereocenters. The molecule has 3 aromatic rings. The maximum Gasteiger partial charge on any atom is 0.312 e. The number of nitrogens with one attached hydrogen (secondary N) is 1. The SMILES string of the molecule is N#Cc1ccccc1Cc1c(-c2cccnc2CNC(N)=O)ccc(N)c1F. The summed E-state index contributed by atoms with van der Waals surface area (Å²) in [4.78, 5) is 15.4. The van der Waals surface area contributed by atoms with E-state index in [1.807, 2.05) is 0 Å². The van der Waals surface area contributed by atoms with Crippen LogP contribution in [0.15, 0.2) is 54.7 Å². The highest BCUT2D eigenvalue weighted by atomic mass is 19.1. The minimum atomic E-state index is -0.678. The first-order valence-electron chi connectivity index (χ1n) is 8.53. The fraction of sp³-hybridized carbons (Fsp3) is 0.0952. The monoisotopic (exact) mass is 375 g/mol. The lowest BCUT2D eigenvalue weighted by atomic mass is 9.91. The van der Waals surface area contributed by atoms with Gasteiger partial charge in [-0.3, -0.25) is 4.98 Å². The molecule has 0 aliphatic rings. The summed E-state index contributed by atoms with van der Waals surface area (Å²) in [5.74, 6) is -0.539. The smallest absolute Gasteiger partial charge is 0.312 e. The third kappa shape index (κ3) is 3.91. The molecule has 5 N–H and O–H groups in total. The van der Waals surface area contributed by atoms with E-state index in [9.17, 15) is 14.4 Å². The van der Waals surface area contributed by atoms with Crippen molar-refractivity contribution in [1.82, 2.24) is 10.3 Å². The number of nitrogens with zero attached hydrogens (tertiary/aromatic N) is 2. The molecule has 1 heterocycles. The molecule has 0 atom stereocenters. The minimum Gasteiger partial charge on any atom is -0.396 e. The second-order valence-electron chi connectivity index (χ2n) is 6.16.